The third kappa shape index (κ3) is 6.84. The van der Waals surface area contributed by atoms with Gasteiger partial charge in [0.2, 0.25) is 5.91 Å². The molecule has 1 fully saturated rings. The molecule has 156 valence electrons. The molecule has 3 N–H and O–H groups in total. The maximum absolute atomic E-state index is 13.0. The van der Waals surface area contributed by atoms with Crippen molar-refractivity contribution in [2.24, 2.45) is 10.7 Å². The number of guanidine groups is 1. The van der Waals surface area contributed by atoms with E-state index in [0.29, 0.717) is 18.3 Å². The van der Waals surface area contributed by atoms with E-state index in [4.69, 9.17) is 5.73 Å². The summed E-state index contributed by atoms with van der Waals surface area (Å²) in [6.45, 7) is 5.28. The maximum atomic E-state index is 13.0. The molecule has 1 aromatic carbocycles. The largest absolute Gasteiger partial charge is 0.370 e. The highest BCUT2D eigenvalue weighted by atomic mass is 127. The number of nitrogens with two attached hydrogens (primary N) is 1. The van der Waals surface area contributed by atoms with E-state index in [1.165, 1.54) is 12.1 Å². The fourth-order valence-electron chi connectivity index (χ4n) is 2.96. The van der Waals surface area contributed by atoms with E-state index in [0.717, 1.165) is 37.4 Å². The van der Waals surface area contributed by atoms with E-state index in [-0.39, 0.29) is 42.1 Å². The van der Waals surface area contributed by atoms with E-state index in [1.54, 1.807) is 24.4 Å². The van der Waals surface area contributed by atoms with Crippen molar-refractivity contribution < 1.29 is 9.18 Å². The van der Waals surface area contributed by atoms with Gasteiger partial charge in [-0.1, -0.05) is 6.07 Å². The van der Waals surface area contributed by atoms with Gasteiger partial charge in [0.1, 0.15) is 11.6 Å². The summed E-state index contributed by atoms with van der Waals surface area (Å²) in [5.41, 5.74) is 8.11. The molecular formula is C20H26FIN6O. The molecule has 7 nitrogen and oxygen atoms in total. The number of anilines is 2. The van der Waals surface area contributed by atoms with Crippen molar-refractivity contribution in [3.63, 3.8) is 0 Å². The Hall–Kier alpha value is -2.43. The molecule has 0 spiro atoms. The van der Waals surface area contributed by atoms with Crippen molar-refractivity contribution in [3.05, 3.63) is 54.0 Å². The Morgan fingerprint density at radius 3 is 2.48 bits per heavy atom. The molecule has 1 aliphatic rings. The zero-order valence-electron chi connectivity index (χ0n) is 16.3. The van der Waals surface area contributed by atoms with Gasteiger partial charge in [0.15, 0.2) is 5.96 Å². The van der Waals surface area contributed by atoms with Crippen LogP contribution in [0.5, 0.6) is 0 Å². The van der Waals surface area contributed by atoms with Gasteiger partial charge in [-0.25, -0.2) is 9.37 Å². The standard InChI is InChI=1S/C20H25FN6O.HI/c1-15-2-7-18(24-14-15)25-19(28)8-9-23-20(22)27-12-10-26(11-13-27)17-5-3-16(21)4-6-17;/h2-7,14H,8-13H2,1H3,(H2,22,23)(H,24,25,28);1H. The number of aliphatic imine (C=N–C) groups is 1. The minimum absolute atomic E-state index is 0. The molecule has 0 atom stereocenters. The lowest BCUT2D eigenvalue weighted by Crippen LogP contribution is -2.51. The second-order valence-corrected chi connectivity index (χ2v) is 6.71. The smallest absolute Gasteiger partial charge is 0.227 e. The van der Waals surface area contributed by atoms with E-state index < -0.39 is 0 Å². The summed E-state index contributed by atoms with van der Waals surface area (Å²) < 4.78 is 13.0. The quantitative estimate of drug-likeness (QED) is 0.366. The molecule has 29 heavy (non-hydrogen) atoms. The van der Waals surface area contributed by atoms with Gasteiger partial charge in [-0.2, -0.15) is 0 Å². The number of nitrogens with zero attached hydrogens (tertiary/aromatic N) is 4. The van der Waals surface area contributed by atoms with Crippen LogP contribution in [0.2, 0.25) is 0 Å². The fraction of sp³-hybridized carbons (Fsp3) is 0.350. The minimum Gasteiger partial charge on any atom is -0.370 e. The molecule has 0 aliphatic carbocycles. The number of hydrogen-bond donors (Lipinski definition) is 2. The van der Waals surface area contributed by atoms with E-state index >= 15 is 0 Å². The number of nitrogens with one attached hydrogen (secondary N) is 1. The van der Waals surface area contributed by atoms with E-state index in [9.17, 15) is 9.18 Å². The molecule has 1 saturated heterocycles. The monoisotopic (exact) mass is 512 g/mol. The summed E-state index contributed by atoms with van der Waals surface area (Å²) in [7, 11) is 0. The molecule has 1 aliphatic heterocycles. The van der Waals surface area contributed by atoms with Crippen molar-refractivity contribution in [3.8, 4) is 0 Å². The predicted molar refractivity (Wildman–Crippen MR) is 124 cm³/mol. The van der Waals surface area contributed by atoms with Gasteiger partial charge in [-0.3, -0.25) is 9.79 Å². The highest BCUT2D eigenvalue weighted by molar-refractivity contribution is 14.0. The molecule has 1 aromatic heterocycles. The van der Waals surface area contributed by atoms with Gasteiger partial charge < -0.3 is 20.9 Å². The summed E-state index contributed by atoms with van der Waals surface area (Å²) in [6, 6.07) is 10.2. The number of hydrogen-bond acceptors (Lipinski definition) is 4. The Balaban J connectivity index is 0.00000300. The zero-order valence-corrected chi connectivity index (χ0v) is 18.7. The van der Waals surface area contributed by atoms with Crippen molar-refractivity contribution >= 4 is 47.3 Å². The third-order valence-electron chi connectivity index (χ3n) is 4.59. The van der Waals surface area contributed by atoms with Gasteiger partial charge in [-0.05, 0) is 42.8 Å². The van der Waals surface area contributed by atoms with Crippen molar-refractivity contribution in [2.75, 3.05) is 42.9 Å². The number of aryl methyl sites for hydroxylation is 1. The Kier molecular flexibility index (Phi) is 8.62. The van der Waals surface area contributed by atoms with Crippen LogP contribution >= 0.6 is 24.0 Å². The number of halogens is 2. The first-order valence-corrected chi connectivity index (χ1v) is 9.29. The summed E-state index contributed by atoms with van der Waals surface area (Å²) >= 11 is 0. The average molecular weight is 512 g/mol. The Morgan fingerprint density at radius 2 is 1.86 bits per heavy atom. The van der Waals surface area contributed by atoms with Crippen LogP contribution in [0.15, 0.2) is 47.6 Å². The van der Waals surface area contributed by atoms with Crippen LogP contribution < -0.4 is 16.0 Å². The highest BCUT2D eigenvalue weighted by Crippen LogP contribution is 2.16. The summed E-state index contributed by atoms with van der Waals surface area (Å²) in [5.74, 6) is 0.597. The predicted octanol–water partition coefficient (Wildman–Crippen LogP) is 2.61. The number of amides is 1. The number of aromatic nitrogens is 1. The van der Waals surface area contributed by atoms with Gasteiger partial charge in [-0.15, -0.1) is 24.0 Å². The molecule has 0 radical (unpaired) electrons. The Labute approximate surface area is 187 Å². The Morgan fingerprint density at radius 1 is 1.17 bits per heavy atom. The van der Waals surface area contributed by atoms with Crippen LogP contribution in [-0.2, 0) is 4.79 Å². The van der Waals surface area contributed by atoms with E-state index in [1.807, 2.05) is 17.9 Å². The number of carbonyl (C=O) groups excluding carboxylic acids is 1. The second kappa shape index (κ2) is 10.9. The molecule has 1 amide bonds. The van der Waals surface area contributed by atoms with Gasteiger partial charge >= 0.3 is 0 Å². The number of piperazine rings is 1. The number of pyridine rings is 1. The SMILES string of the molecule is Cc1ccc(NC(=O)CCN=C(N)N2CCN(c3ccc(F)cc3)CC2)nc1.I. The summed E-state index contributed by atoms with van der Waals surface area (Å²) in [5, 5.41) is 2.74. The number of benzene rings is 1. The lowest BCUT2D eigenvalue weighted by atomic mass is 10.2. The summed E-state index contributed by atoms with van der Waals surface area (Å²) in [6.07, 6.45) is 1.95. The first-order valence-electron chi connectivity index (χ1n) is 9.29. The van der Waals surface area contributed by atoms with Crippen LogP contribution in [0.1, 0.15) is 12.0 Å². The molecular weight excluding hydrogens is 486 g/mol. The highest BCUT2D eigenvalue weighted by Gasteiger charge is 2.18. The summed E-state index contributed by atoms with van der Waals surface area (Å²) in [4.78, 5) is 24.6. The van der Waals surface area contributed by atoms with Gasteiger partial charge in [0.25, 0.3) is 0 Å². The molecule has 0 bridgehead atoms. The van der Waals surface area contributed by atoms with Gasteiger partial charge in [0.05, 0.1) is 6.54 Å². The van der Waals surface area contributed by atoms with E-state index in [2.05, 4.69) is 20.2 Å². The van der Waals surface area contributed by atoms with Crippen LogP contribution in [0.4, 0.5) is 15.9 Å². The molecule has 0 unspecified atom stereocenters. The first kappa shape index (κ1) is 22.9. The maximum Gasteiger partial charge on any atom is 0.227 e. The van der Waals surface area contributed by atoms with Crippen LogP contribution in [-0.4, -0.2) is 54.5 Å². The van der Waals surface area contributed by atoms with Crippen LogP contribution in [0.3, 0.4) is 0 Å². The van der Waals surface area contributed by atoms with Crippen LogP contribution in [0.25, 0.3) is 0 Å². The average Bonchev–Trinajstić information content (AvgIpc) is 2.70. The second-order valence-electron chi connectivity index (χ2n) is 6.71. The fourth-order valence-corrected chi connectivity index (χ4v) is 2.96. The molecule has 9 heteroatoms. The lowest BCUT2D eigenvalue weighted by Gasteiger charge is -2.36. The van der Waals surface area contributed by atoms with Crippen molar-refractivity contribution in [1.82, 2.24) is 9.88 Å². The first-order chi connectivity index (χ1) is 13.5. The number of carbonyl (C=O) groups is 1. The topological polar surface area (TPSA) is 86.8 Å². The van der Waals surface area contributed by atoms with Crippen molar-refractivity contribution in [1.29, 1.82) is 0 Å². The normalized spacial score (nSPS) is 14.3. The minimum atomic E-state index is -0.235. The lowest BCUT2D eigenvalue weighted by molar-refractivity contribution is -0.116. The van der Waals surface area contributed by atoms with Crippen LogP contribution in [0, 0.1) is 12.7 Å². The number of rotatable bonds is 5. The molecule has 2 aromatic rings. The third-order valence-corrected chi connectivity index (χ3v) is 4.59. The molecule has 2 heterocycles. The Bertz CT molecular complexity index is 820. The zero-order chi connectivity index (χ0) is 19.9. The molecule has 3 rings (SSSR count). The molecule has 0 saturated carbocycles. The van der Waals surface area contributed by atoms with Gasteiger partial charge in [0, 0.05) is 44.5 Å². The van der Waals surface area contributed by atoms with Crippen molar-refractivity contribution in [2.45, 2.75) is 13.3 Å².